The first-order valence-corrected chi connectivity index (χ1v) is 10.9. The van der Waals surface area contributed by atoms with Crippen molar-refractivity contribution < 1.29 is 4.79 Å². The molecule has 2 heterocycles. The number of hydrogen-bond acceptors (Lipinski definition) is 4. The summed E-state index contributed by atoms with van der Waals surface area (Å²) in [5.41, 5.74) is 2.00. The second kappa shape index (κ2) is 8.91. The number of fused-ring (bicyclic) bond motifs is 1. The minimum Gasteiger partial charge on any atom is -0.354 e. The van der Waals surface area contributed by atoms with Crippen LogP contribution in [0.4, 0.5) is 0 Å². The maximum Gasteiger partial charge on any atom is 0.240 e. The number of carbonyl (C=O) groups excluding carboxylic acids is 1. The van der Waals surface area contributed by atoms with Gasteiger partial charge >= 0.3 is 0 Å². The van der Waals surface area contributed by atoms with Crippen LogP contribution in [-0.4, -0.2) is 52.3 Å². The van der Waals surface area contributed by atoms with Gasteiger partial charge in [-0.15, -0.1) is 0 Å². The first-order valence-electron chi connectivity index (χ1n) is 9.52. The molecule has 3 rings (SSSR count). The Morgan fingerprint density at radius 2 is 2.19 bits per heavy atom. The maximum atomic E-state index is 12.6. The highest BCUT2D eigenvalue weighted by atomic mass is 32.2. The number of hydrogen-bond donors (Lipinski definition) is 1. The number of aromatic nitrogens is 2. The van der Waals surface area contributed by atoms with Crippen molar-refractivity contribution in [3.8, 4) is 0 Å². The summed E-state index contributed by atoms with van der Waals surface area (Å²) in [5.74, 6) is 2.42. The molecule has 26 heavy (non-hydrogen) atoms. The van der Waals surface area contributed by atoms with E-state index in [9.17, 15) is 4.79 Å². The number of nitrogens with one attached hydrogen (secondary N) is 1. The Morgan fingerprint density at radius 3 is 2.96 bits per heavy atom. The Bertz CT molecular complexity index is 742. The van der Waals surface area contributed by atoms with Gasteiger partial charge in [-0.1, -0.05) is 12.1 Å². The van der Waals surface area contributed by atoms with Crippen LogP contribution in [0.5, 0.6) is 0 Å². The number of carbonyl (C=O) groups is 1. The molecule has 5 nitrogen and oxygen atoms in total. The minimum atomic E-state index is 0.0807. The first-order chi connectivity index (χ1) is 12.6. The summed E-state index contributed by atoms with van der Waals surface area (Å²) < 4.78 is 2.06. The summed E-state index contributed by atoms with van der Waals surface area (Å²) in [5, 5.41) is 3.16. The third-order valence-corrected chi connectivity index (χ3v) is 5.72. The number of para-hydroxylation sites is 2. The molecule has 1 aromatic carbocycles. The van der Waals surface area contributed by atoms with E-state index in [1.165, 1.54) is 19.4 Å². The average molecular weight is 375 g/mol. The van der Waals surface area contributed by atoms with Gasteiger partial charge in [0, 0.05) is 19.1 Å². The number of piperidine rings is 1. The molecule has 1 aliphatic rings. The lowest BCUT2D eigenvalue weighted by molar-refractivity contribution is -0.121. The number of amides is 1. The summed E-state index contributed by atoms with van der Waals surface area (Å²) >= 11 is 1.73. The van der Waals surface area contributed by atoms with E-state index in [0.717, 1.165) is 35.7 Å². The Kier molecular flexibility index (Phi) is 6.59. The summed E-state index contributed by atoms with van der Waals surface area (Å²) in [6.07, 6.45) is 4.49. The van der Waals surface area contributed by atoms with Gasteiger partial charge in [-0.2, -0.15) is 11.8 Å². The molecule has 1 amide bonds. The Labute approximate surface area is 160 Å². The lowest BCUT2D eigenvalue weighted by atomic mass is 9.97. The standard InChI is InChI=1S/C20H30N4OS/c1-15(2)23-10-6-7-16(12-23)11-21-20(25)13-24-18-9-5-4-8-17(18)22-19(24)14-26-3/h4-5,8-9,15-16H,6-7,10-14H2,1-3H3,(H,21,25)/t16-/m0/s1. The minimum absolute atomic E-state index is 0.0807. The van der Waals surface area contributed by atoms with Crippen molar-refractivity contribution in [2.75, 3.05) is 25.9 Å². The molecule has 1 aliphatic heterocycles. The monoisotopic (exact) mass is 374 g/mol. The van der Waals surface area contributed by atoms with Crippen molar-refractivity contribution in [2.45, 2.75) is 45.0 Å². The molecule has 142 valence electrons. The van der Waals surface area contributed by atoms with Gasteiger partial charge < -0.3 is 14.8 Å². The molecule has 0 unspecified atom stereocenters. The zero-order valence-electron chi connectivity index (χ0n) is 16.1. The van der Waals surface area contributed by atoms with E-state index < -0.39 is 0 Å². The fourth-order valence-electron chi connectivity index (χ4n) is 3.73. The van der Waals surface area contributed by atoms with E-state index in [4.69, 9.17) is 4.98 Å². The fourth-order valence-corrected chi connectivity index (χ4v) is 4.21. The molecule has 0 radical (unpaired) electrons. The van der Waals surface area contributed by atoms with Gasteiger partial charge in [-0.25, -0.2) is 4.98 Å². The molecule has 0 saturated carbocycles. The predicted octanol–water partition coefficient (Wildman–Crippen LogP) is 3.14. The van der Waals surface area contributed by atoms with Crippen LogP contribution in [0.25, 0.3) is 11.0 Å². The van der Waals surface area contributed by atoms with Gasteiger partial charge in [0.15, 0.2) is 0 Å². The van der Waals surface area contributed by atoms with Crippen molar-refractivity contribution in [3.63, 3.8) is 0 Å². The smallest absolute Gasteiger partial charge is 0.240 e. The van der Waals surface area contributed by atoms with Gasteiger partial charge in [0.25, 0.3) is 0 Å². The lowest BCUT2D eigenvalue weighted by Gasteiger charge is -2.35. The largest absolute Gasteiger partial charge is 0.354 e. The Hall–Kier alpha value is -1.53. The second-order valence-corrected chi connectivity index (χ2v) is 8.30. The number of likely N-dealkylation sites (tertiary alicyclic amines) is 1. The van der Waals surface area contributed by atoms with Crippen LogP contribution in [0.15, 0.2) is 24.3 Å². The SMILES string of the molecule is CSCc1nc2ccccc2n1CC(=O)NC[C@@H]1CCCN(C(C)C)C1. The van der Waals surface area contributed by atoms with Gasteiger partial charge in [0.1, 0.15) is 12.4 Å². The normalized spacial score (nSPS) is 18.5. The van der Waals surface area contributed by atoms with E-state index in [2.05, 4.69) is 34.9 Å². The molecule has 2 aromatic rings. The number of imidazole rings is 1. The van der Waals surface area contributed by atoms with Crippen LogP contribution < -0.4 is 5.32 Å². The molecule has 0 aliphatic carbocycles. The van der Waals surface area contributed by atoms with Crippen LogP contribution in [-0.2, 0) is 17.1 Å². The number of rotatable bonds is 7. The zero-order valence-corrected chi connectivity index (χ0v) is 16.9. The summed E-state index contributed by atoms with van der Waals surface area (Å²) in [4.78, 5) is 19.8. The molecule has 1 atom stereocenters. The van der Waals surface area contributed by atoms with Gasteiger partial charge in [-0.05, 0) is 57.5 Å². The van der Waals surface area contributed by atoms with Crippen molar-refractivity contribution in [1.29, 1.82) is 0 Å². The molecule has 1 fully saturated rings. The van der Waals surface area contributed by atoms with E-state index >= 15 is 0 Å². The molecule has 1 N–H and O–H groups in total. The van der Waals surface area contributed by atoms with Gasteiger partial charge in [0.05, 0.1) is 16.8 Å². The van der Waals surface area contributed by atoms with Crippen LogP contribution in [0.2, 0.25) is 0 Å². The Morgan fingerprint density at radius 1 is 1.38 bits per heavy atom. The van der Waals surface area contributed by atoms with Crippen LogP contribution in [0.3, 0.4) is 0 Å². The van der Waals surface area contributed by atoms with Crippen molar-refractivity contribution >= 4 is 28.7 Å². The number of nitrogens with zero attached hydrogens (tertiary/aromatic N) is 3. The van der Waals surface area contributed by atoms with E-state index in [-0.39, 0.29) is 5.91 Å². The Balaban J connectivity index is 1.61. The third kappa shape index (κ3) is 4.60. The summed E-state index contributed by atoms with van der Waals surface area (Å²) in [6.45, 7) is 7.88. The molecule has 0 bridgehead atoms. The first kappa shape index (κ1) is 19.2. The molecule has 1 aromatic heterocycles. The highest BCUT2D eigenvalue weighted by Gasteiger charge is 2.22. The lowest BCUT2D eigenvalue weighted by Crippen LogP contribution is -2.44. The molecule has 6 heteroatoms. The maximum absolute atomic E-state index is 12.6. The average Bonchev–Trinajstić information content (AvgIpc) is 2.98. The predicted molar refractivity (Wildman–Crippen MR) is 109 cm³/mol. The molecule has 0 spiro atoms. The molecular formula is C20H30N4OS. The van der Waals surface area contributed by atoms with Crippen molar-refractivity contribution in [3.05, 3.63) is 30.1 Å². The van der Waals surface area contributed by atoms with E-state index in [1.807, 2.05) is 24.3 Å². The van der Waals surface area contributed by atoms with E-state index in [0.29, 0.717) is 18.5 Å². The molecular weight excluding hydrogens is 344 g/mol. The number of benzene rings is 1. The quantitative estimate of drug-likeness (QED) is 0.809. The highest BCUT2D eigenvalue weighted by Crippen LogP contribution is 2.20. The zero-order chi connectivity index (χ0) is 18.5. The summed E-state index contributed by atoms with van der Waals surface area (Å²) in [7, 11) is 0. The number of thioether (sulfide) groups is 1. The highest BCUT2D eigenvalue weighted by molar-refractivity contribution is 7.97. The van der Waals surface area contributed by atoms with Crippen molar-refractivity contribution in [2.24, 2.45) is 5.92 Å². The summed E-state index contributed by atoms with van der Waals surface area (Å²) in [6, 6.07) is 8.63. The van der Waals surface area contributed by atoms with Crippen LogP contribution >= 0.6 is 11.8 Å². The van der Waals surface area contributed by atoms with Gasteiger partial charge in [0.2, 0.25) is 5.91 Å². The van der Waals surface area contributed by atoms with Crippen LogP contribution in [0, 0.1) is 5.92 Å². The second-order valence-electron chi connectivity index (χ2n) is 7.44. The van der Waals surface area contributed by atoms with Crippen molar-refractivity contribution in [1.82, 2.24) is 19.8 Å². The third-order valence-electron chi connectivity index (χ3n) is 5.18. The van der Waals surface area contributed by atoms with Gasteiger partial charge in [-0.3, -0.25) is 4.79 Å². The van der Waals surface area contributed by atoms with E-state index in [1.54, 1.807) is 11.8 Å². The fraction of sp³-hybridized carbons (Fsp3) is 0.600. The molecule has 1 saturated heterocycles. The topological polar surface area (TPSA) is 50.2 Å². The van der Waals surface area contributed by atoms with Crippen LogP contribution in [0.1, 0.15) is 32.5 Å².